The molecule has 0 saturated heterocycles. The second-order valence-corrected chi connectivity index (χ2v) is 3.79. The number of hydrogen-bond acceptors (Lipinski definition) is 3. The van der Waals surface area contributed by atoms with Gasteiger partial charge in [-0.3, -0.25) is 14.2 Å². The van der Waals surface area contributed by atoms with Gasteiger partial charge in [-0.25, -0.2) is 9.37 Å². The van der Waals surface area contributed by atoms with Crippen LogP contribution in [0.4, 0.5) is 4.39 Å². The number of aromatic nitrogens is 2. The summed E-state index contributed by atoms with van der Waals surface area (Å²) in [5, 5.41) is 0. The first-order chi connectivity index (χ1) is 8.66. The van der Waals surface area contributed by atoms with Gasteiger partial charge < -0.3 is 0 Å². The van der Waals surface area contributed by atoms with E-state index in [1.807, 2.05) is 0 Å². The highest BCUT2D eigenvalue weighted by Gasteiger charge is 2.06. The van der Waals surface area contributed by atoms with Crippen molar-refractivity contribution in [3.8, 4) is 0 Å². The summed E-state index contributed by atoms with van der Waals surface area (Å²) >= 11 is 0. The van der Waals surface area contributed by atoms with Crippen LogP contribution in [-0.2, 0) is 6.54 Å². The number of ketones is 1. The molecule has 0 fully saturated rings. The quantitative estimate of drug-likeness (QED) is 0.771. The molecule has 2 aromatic rings. The van der Waals surface area contributed by atoms with Crippen LogP contribution in [0.1, 0.15) is 16.8 Å². The van der Waals surface area contributed by atoms with Crippen molar-refractivity contribution < 1.29 is 9.18 Å². The monoisotopic (exact) mass is 246 g/mol. The molecule has 0 N–H and O–H groups in total. The number of nitrogens with zero attached hydrogens (tertiary/aromatic N) is 2. The van der Waals surface area contributed by atoms with Gasteiger partial charge in [-0.15, -0.1) is 0 Å². The minimum Gasteiger partial charge on any atom is -0.299 e. The van der Waals surface area contributed by atoms with Crippen LogP contribution in [0.2, 0.25) is 0 Å². The number of halogens is 1. The maximum Gasteiger partial charge on any atom is 0.253 e. The molecule has 92 valence electrons. The molecule has 0 spiro atoms. The van der Waals surface area contributed by atoms with E-state index in [-0.39, 0.29) is 30.1 Å². The highest BCUT2D eigenvalue weighted by atomic mass is 19.1. The van der Waals surface area contributed by atoms with Gasteiger partial charge in [0.1, 0.15) is 5.82 Å². The highest BCUT2D eigenvalue weighted by molar-refractivity contribution is 5.95. The van der Waals surface area contributed by atoms with Crippen molar-refractivity contribution in [3.05, 3.63) is 64.6 Å². The lowest BCUT2D eigenvalue weighted by molar-refractivity contribution is 0.0976. The molecule has 5 heteroatoms. The standard InChI is InChI=1S/C13H11FN2O2/c14-11-3-1-10(2-4-11)12(17)6-8-16-9-15-7-5-13(16)18/h1-5,7,9H,6,8H2. The second kappa shape index (κ2) is 5.35. The van der Waals surface area contributed by atoms with Crippen molar-refractivity contribution in [2.24, 2.45) is 0 Å². The molecule has 4 nitrogen and oxygen atoms in total. The van der Waals surface area contributed by atoms with Gasteiger partial charge in [0.2, 0.25) is 0 Å². The van der Waals surface area contributed by atoms with Crippen LogP contribution in [0, 0.1) is 5.82 Å². The Morgan fingerprint density at radius 1 is 1.22 bits per heavy atom. The van der Waals surface area contributed by atoms with Crippen LogP contribution in [0.5, 0.6) is 0 Å². The van der Waals surface area contributed by atoms with Crippen molar-refractivity contribution in [3.63, 3.8) is 0 Å². The molecule has 0 saturated carbocycles. The number of hydrogen-bond donors (Lipinski definition) is 0. The maximum atomic E-state index is 12.7. The molecule has 0 amide bonds. The fourth-order valence-electron chi connectivity index (χ4n) is 1.55. The third-order valence-electron chi connectivity index (χ3n) is 2.54. The first kappa shape index (κ1) is 12.2. The number of carbonyl (C=O) groups excluding carboxylic acids is 1. The first-order valence-corrected chi connectivity index (χ1v) is 5.46. The van der Waals surface area contributed by atoms with E-state index < -0.39 is 0 Å². The molecule has 0 unspecified atom stereocenters. The predicted molar refractivity (Wildman–Crippen MR) is 63.8 cm³/mol. The summed E-state index contributed by atoms with van der Waals surface area (Å²) in [6.45, 7) is 0.267. The lowest BCUT2D eigenvalue weighted by Crippen LogP contribution is -2.20. The highest BCUT2D eigenvalue weighted by Crippen LogP contribution is 2.06. The molecule has 0 radical (unpaired) electrons. The van der Waals surface area contributed by atoms with Gasteiger partial charge in [0.05, 0.1) is 6.33 Å². The number of aryl methyl sites for hydroxylation is 1. The van der Waals surface area contributed by atoms with E-state index in [1.54, 1.807) is 0 Å². The van der Waals surface area contributed by atoms with Crippen molar-refractivity contribution >= 4 is 5.78 Å². The molecule has 0 aliphatic carbocycles. The molecule has 0 aliphatic heterocycles. The summed E-state index contributed by atoms with van der Waals surface area (Å²) in [6, 6.07) is 6.68. The Hall–Kier alpha value is -2.30. The molecule has 1 aromatic heterocycles. The van der Waals surface area contributed by atoms with E-state index in [4.69, 9.17) is 0 Å². The van der Waals surface area contributed by atoms with Gasteiger partial charge in [0, 0.05) is 30.8 Å². The zero-order chi connectivity index (χ0) is 13.0. The number of Topliss-reactive ketones (excluding diaryl/α,β-unsaturated/α-hetero) is 1. The second-order valence-electron chi connectivity index (χ2n) is 3.79. The molecule has 0 atom stereocenters. The normalized spacial score (nSPS) is 10.3. The van der Waals surface area contributed by atoms with Crippen LogP contribution in [0.15, 0.2) is 47.7 Å². The Bertz CT molecular complexity index is 605. The van der Waals surface area contributed by atoms with Gasteiger partial charge >= 0.3 is 0 Å². The third kappa shape index (κ3) is 2.88. The summed E-state index contributed by atoms with van der Waals surface area (Å²) < 4.78 is 14.1. The zero-order valence-electron chi connectivity index (χ0n) is 9.54. The van der Waals surface area contributed by atoms with Crippen LogP contribution < -0.4 is 5.56 Å². The average Bonchev–Trinajstić information content (AvgIpc) is 2.38. The lowest BCUT2D eigenvalue weighted by Gasteiger charge is -2.03. The molecule has 1 aromatic carbocycles. The summed E-state index contributed by atoms with van der Waals surface area (Å²) in [5.41, 5.74) is 0.241. The van der Waals surface area contributed by atoms with Crippen molar-refractivity contribution in [2.75, 3.05) is 0 Å². The summed E-state index contributed by atoms with van der Waals surface area (Å²) in [7, 11) is 0. The molecular weight excluding hydrogens is 235 g/mol. The Kier molecular flexibility index (Phi) is 3.62. The molecule has 1 heterocycles. The van der Waals surface area contributed by atoms with Gasteiger partial charge in [-0.2, -0.15) is 0 Å². The van der Waals surface area contributed by atoms with Gasteiger partial charge in [0.25, 0.3) is 5.56 Å². The fraction of sp³-hybridized carbons (Fsp3) is 0.154. The maximum absolute atomic E-state index is 12.7. The Labute approximate surface area is 103 Å². The number of benzene rings is 1. The summed E-state index contributed by atoms with van der Waals surface area (Å²) in [6.07, 6.45) is 2.97. The fourth-order valence-corrected chi connectivity index (χ4v) is 1.55. The third-order valence-corrected chi connectivity index (χ3v) is 2.54. The van der Waals surface area contributed by atoms with Gasteiger partial charge in [-0.1, -0.05) is 0 Å². The van der Waals surface area contributed by atoms with E-state index in [0.717, 1.165) is 0 Å². The van der Waals surface area contributed by atoms with Crippen molar-refractivity contribution in [1.82, 2.24) is 9.55 Å². The van der Waals surface area contributed by atoms with Crippen LogP contribution in [0.25, 0.3) is 0 Å². The Balaban J connectivity index is 2.03. The Morgan fingerprint density at radius 3 is 2.61 bits per heavy atom. The van der Waals surface area contributed by atoms with Crippen LogP contribution in [0.3, 0.4) is 0 Å². The number of carbonyl (C=O) groups is 1. The zero-order valence-corrected chi connectivity index (χ0v) is 9.54. The summed E-state index contributed by atoms with van der Waals surface area (Å²) in [4.78, 5) is 27.0. The van der Waals surface area contributed by atoms with E-state index in [1.165, 1.54) is 47.4 Å². The average molecular weight is 246 g/mol. The van der Waals surface area contributed by atoms with Crippen molar-refractivity contribution in [2.45, 2.75) is 13.0 Å². The molecule has 0 bridgehead atoms. The van der Waals surface area contributed by atoms with Crippen LogP contribution >= 0.6 is 0 Å². The van der Waals surface area contributed by atoms with Crippen LogP contribution in [-0.4, -0.2) is 15.3 Å². The van der Waals surface area contributed by atoms with Gasteiger partial charge in [-0.05, 0) is 24.3 Å². The smallest absolute Gasteiger partial charge is 0.253 e. The summed E-state index contributed by atoms with van der Waals surface area (Å²) in [5.74, 6) is -0.513. The molecular formula is C13H11FN2O2. The molecule has 2 rings (SSSR count). The first-order valence-electron chi connectivity index (χ1n) is 5.46. The minimum atomic E-state index is -0.380. The minimum absolute atomic E-state index is 0.134. The lowest BCUT2D eigenvalue weighted by atomic mass is 10.1. The molecule has 0 aliphatic rings. The van der Waals surface area contributed by atoms with E-state index in [0.29, 0.717) is 5.56 Å². The van der Waals surface area contributed by atoms with Crippen molar-refractivity contribution in [1.29, 1.82) is 0 Å². The number of rotatable bonds is 4. The van der Waals surface area contributed by atoms with E-state index >= 15 is 0 Å². The largest absolute Gasteiger partial charge is 0.299 e. The van der Waals surface area contributed by atoms with E-state index in [2.05, 4.69) is 4.98 Å². The van der Waals surface area contributed by atoms with Gasteiger partial charge in [0.15, 0.2) is 5.78 Å². The Morgan fingerprint density at radius 2 is 1.94 bits per heavy atom. The SMILES string of the molecule is O=C(CCn1cnccc1=O)c1ccc(F)cc1. The topological polar surface area (TPSA) is 52.0 Å². The molecule has 18 heavy (non-hydrogen) atoms. The van der Waals surface area contributed by atoms with E-state index in [9.17, 15) is 14.0 Å². The predicted octanol–water partition coefficient (Wildman–Crippen LogP) is 1.66.